The van der Waals surface area contributed by atoms with E-state index in [-0.39, 0.29) is 34.5 Å². The minimum absolute atomic E-state index is 0.00572. The molecule has 0 atom stereocenters. The number of carboxylic acid groups (broad SMARTS) is 1. The minimum atomic E-state index is -3.77. The summed E-state index contributed by atoms with van der Waals surface area (Å²) >= 11 is 0. The highest BCUT2D eigenvalue weighted by molar-refractivity contribution is 7.90. The number of carboxylic acids is 1. The molecule has 29 heavy (non-hydrogen) atoms. The molecular formula is C18H16FN3O6S. The van der Waals surface area contributed by atoms with Crippen LogP contribution in [0.1, 0.15) is 11.1 Å². The highest BCUT2D eigenvalue weighted by Gasteiger charge is 2.31. The molecule has 2 N–H and O–H groups in total. The lowest BCUT2D eigenvalue weighted by Crippen LogP contribution is -2.22. The van der Waals surface area contributed by atoms with Crippen molar-refractivity contribution in [1.82, 2.24) is 4.72 Å². The Morgan fingerprint density at radius 1 is 1.28 bits per heavy atom. The molecule has 0 bridgehead atoms. The van der Waals surface area contributed by atoms with Crippen molar-refractivity contribution >= 4 is 28.0 Å². The molecule has 2 aromatic rings. The Kier molecular flexibility index (Phi) is 5.78. The Morgan fingerprint density at radius 2 is 2.07 bits per heavy atom. The predicted molar refractivity (Wildman–Crippen MR) is 102 cm³/mol. The maximum Gasteiger partial charge on any atom is 0.341 e. The molecule has 9 nitrogen and oxygen atoms in total. The van der Waals surface area contributed by atoms with Gasteiger partial charge in [-0.05, 0) is 35.9 Å². The number of rotatable bonds is 7. The fourth-order valence-corrected chi connectivity index (χ4v) is 3.76. The summed E-state index contributed by atoms with van der Waals surface area (Å²) in [5.41, 5.74) is 0.840. The first-order valence-corrected chi connectivity index (χ1v) is 9.68. The van der Waals surface area contributed by atoms with Crippen LogP contribution in [0, 0.1) is 5.82 Å². The smallest absolute Gasteiger partial charge is 0.341 e. The van der Waals surface area contributed by atoms with E-state index in [4.69, 9.17) is 14.6 Å². The number of amidine groups is 1. The van der Waals surface area contributed by atoms with Crippen molar-refractivity contribution in [2.24, 2.45) is 9.98 Å². The molecule has 0 aromatic heterocycles. The van der Waals surface area contributed by atoms with Crippen LogP contribution in [0.5, 0.6) is 11.5 Å². The second-order valence-corrected chi connectivity index (χ2v) is 7.45. The number of aliphatic carboxylic acids is 1. The molecule has 3 rings (SSSR count). The maximum absolute atomic E-state index is 13.4. The van der Waals surface area contributed by atoms with E-state index >= 15 is 0 Å². The predicted octanol–water partition coefficient (Wildman–Crippen LogP) is 1.41. The molecule has 0 fully saturated rings. The molecule has 152 valence electrons. The lowest BCUT2D eigenvalue weighted by atomic mass is 10.2. The van der Waals surface area contributed by atoms with E-state index in [0.29, 0.717) is 5.56 Å². The summed E-state index contributed by atoms with van der Waals surface area (Å²) in [5.74, 6) is -1.32. The van der Waals surface area contributed by atoms with Crippen molar-refractivity contribution in [3.63, 3.8) is 0 Å². The van der Waals surface area contributed by atoms with Gasteiger partial charge in [0.1, 0.15) is 18.3 Å². The van der Waals surface area contributed by atoms with Crippen molar-refractivity contribution < 1.29 is 32.2 Å². The number of methoxy groups -OCH3 is 1. The third-order valence-corrected chi connectivity index (χ3v) is 5.21. The van der Waals surface area contributed by atoms with E-state index in [9.17, 15) is 17.6 Å². The minimum Gasteiger partial charge on any atom is -0.494 e. The van der Waals surface area contributed by atoms with Gasteiger partial charge in [0.2, 0.25) is 0 Å². The Bertz CT molecular complexity index is 1110. The summed E-state index contributed by atoms with van der Waals surface area (Å²) < 4.78 is 50.1. The van der Waals surface area contributed by atoms with Gasteiger partial charge in [-0.25, -0.2) is 22.6 Å². The molecule has 0 unspecified atom stereocenters. The van der Waals surface area contributed by atoms with Gasteiger partial charge in [0, 0.05) is 11.8 Å². The van der Waals surface area contributed by atoms with Crippen molar-refractivity contribution in [3.05, 3.63) is 53.3 Å². The van der Waals surface area contributed by atoms with Crippen LogP contribution in [0.15, 0.2) is 51.3 Å². The summed E-state index contributed by atoms with van der Waals surface area (Å²) in [6, 6.07) is 8.28. The first-order valence-electron chi connectivity index (χ1n) is 8.20. The Labute approximate surface area is 165 Å². The number of aliphatic imine (C=N–C) groups is 2. The number of hydrogen-bond donors (Lipinski definition) is 2. The van der Waals surface area contributed by atoms with Gasteiger partial charge in [0.15, 0.2) is 18.2 Å². The third-order valence-electron chi connectivity index (χ3n) is 3.82. The largest absolute Gasteiger partial charge is 0.494 e. The topological polar surface area (TPSA) is 127 Å². The van der Waals surface area contributed by atoms with Crippen LogP contribution in [-0.4, -0.2) is 51.9 Å². The molecule has 1 heterocycles. The number of halogens is 1. The van der Waals surface area contributed by atoms with Crippen LogP contribution in [-0.2, 0) is 14.8 Å². The fourth-order valence-electron chi connectivity index (χ4n) is 2.53. The van der Waals surface area contributed by atoms with Gasteiger partial charge in [-0.15, -0.1) is 0 Å². The molecule has 1 aliphatic heterocycles. The number of benzene rings is 2. The summed E-state index contributed by atoms with van der Waals surface area (Å²) in [6.07, 6.45) is 1.45. The van der Waals surface area contributed by atoms with Gasteiger partial charge in [0.05, 0.1) is 12.0 Å². The van der Waals surface area contributed by atoms with E-state index in [0.717, 1.165) is 0 Å². The van der Waals surface area contributed by atoms with Gasteiger partial charge in [-0.3, -0.25) is 9.71 Å². The van der Waals surface area contributed by atoms with Gasteiger partial charge in [-0.2, -0.15) is 0 Å². The Morgan fingerprint density at radius 3 is 2.79 bits per heavy atom. The molecule has 0 amide bonds. The van der Waals surface area contributed by atoms with Crippen molar-refractivity contribution in [1.29, 1.82) is 0 Å². The van der Waals surface area contributed by atoms with E-state index < -0.39 is 28.4 Å². The van der Waals surface area contributed by atoms with Crippen LogP contribution in [0.25, 0.3) is 0 Å². The Balaban J connectivity index is 1.78. The SMILES string of the molecule is COc1cc(C=NCN=C2NS(=O)(=O)c3ccc(OCC(=O)O)cc32)ccc1F. The number of hydrogen-bond acceptors (Lipinski definition) is 7. The molecule has 0 radical (unpaired) electrons. The van der Waals surface area contributed by atoms with Crippen LogP contribution >= 0.6 is 0 Å². The first kappa shape index (κ1) is 20.3. The number of ether oxygens (including phenoxy) is 2. The molecule has 0 spiro atoms. The summed E-state index contributed by atoms with van der Waals surface area (Å²) in [4.78, 5) is 18.8. The van der Waals surface area contributed by atoms with Gasteiger partial charge in [0.25, 0.3) is 10.0 Å². The zero-order valence-corrected chi connectivity index (χ0v) is 15.9. The maximum atomic E-state index is 13.4. The average Bonchev–Trinajstić information content (AvgIpc) is 2.94. The molecule has 1 aliphatic rings. The summed E-state index contributed by atoms with van der Waals surface area (Å²) in [7, 11) is -2.42. The quantitative estimate of drug-likeness (QED) is 0.651. The number of sulfonamides is 1. The number of nitrogens with zero attached hydrogens (tertiary/aromatic N) is 2. The van der Waals surface area contributed by atoms with E-state index in [1.54, 1.807) is 0 Å². The highest BCUT2D eigenvalue weighted by atomic mass is 32.2. The average molecular weight is 421 g/mol. The van der Waals surface area contributed by atoms with E-state index in [1.165, 1.54) is 49.7 Å². The van der Waals surface area contributed by atoms with E-state index in [2.05, 4.69) is 14.7 Å². The molecule has 11 heteroatoms. The van der Waals surface area contributed by atoms with Crippen LogP contribution in [0.2, 0.25) is 0 Å². The van der Waals surface area contributed by atoms with Crippen LogP contribution in [0.3, 0.4) is 0 Å². The highest BCUT2D eigenvalue weighted by Crippen LogP contribution is 2.27. The van der Waals surface area contributed by atoms with Gasteiger partial charge in [-0.1, -0.05) is 6.07 Å². The molecular weight excluding hydrogens is 405 g/mol. The third kappa shape index (κ3) is 4.69. The zero-order valence-electron chi connectivity index (χ0n) is 15.1. The van der Waals surface area contributed by atoms with Crippen LogP contribution < -0.4 is 14.2 Å². The lowest BCUT2D eigenvalue weighted by Gasteiger charge is -2.04. The fraction of sp³-hybridized carbons (Fsp3) is 0.167. The van der Waals surface area contributed by atoms with E-state index in [1.807, 2.05) is 0 Å². The number of nitrogens with one attached hydrogen (secondary N) is 1. The first-order chi connectivity index (χ1) is 13.8. The van der Waals surface area contributed by atoms with Gasteiger partial charge >= 0.3 is 5.97 Å². The number of fused-ring (bicyclic) bond motifs is 1. The lowest BCUT2D eigenvalue weighted by molar-refractivity contribution is -0.139. The summed E-state index contributed by atoms with van der Waals surface area (Å²) in [5, 5.41) is 8.69. The van der Waals surface area contributed by atoms with Crippen molar-refractivity contribution in [2.45, 2.75) is 4.90 Å². The molecule has 2 aromatic carbocycles. The Hall–Kier alpha value is -3.47. The second kappa shape index (κ2) is 8.27. The van der Waals surface area contributed by atoms with Crippen LogP contribution in [0.4, 0.5) is 4.39 Å². The monoisotopic (exact) mass is 421 g/mol. The van der Waals surface area contributed by atoms with Crippen molar-refractivity contribution in [2.75, 3.05) is 20.4 Å². The molecule has 0 aliphatic carbocycles. The summed E-state index contributed by atoms with van der Waals surface area (Å²) in [6.45, 7) is -0.659. The second-order valence-electron chi connectivity index (χ2n) is 5.80. The standard InChI is InChI=1S/C18H16FN3O6S/c1-27-15-6-11(2-4-14(15)19)8-20-10-21-18-13-7-12(28-9-17(23)24)3-5-16(13)29(25,26)22-18/h2-8H,9-10H2,1H3,(H,21,22)(H,23,24). The zero-order chi connectivity index (χ0) is 21.0. The normalized spacial score (nSPS) is 15.9. The molecule has 0 saturated heterocycles. The van der Waals surface area contributed by atoms with Crippen molar-refractivity contribution in [3.8, 4) is 11.5 Å². The number of carbonyl (C=O) groups is 1. The van der Waals surface area contributed by atoms with Gasteiger partial charge < -0.3 is 14.6 Å². The molecule has 0 saturated carbocycles.